The maximum absolute atomic E-state index is 11.6. The smallest absolute Gasteiger partial charge is 0.127 e. The molecule has 0 saturated heterocycles. The second-order valence-electron chi connectivity index (χ2n) is 15.8. The van der Waals surface area contributed by atoms with Crippen LogP contribution in [0.15, 0.2) is 151 Å². The van der Waals surface area contributed by atoms with Gasteiger partial charge in [-0.05, 0) is 87.1 Å². The van der Waals surface area contributed by atoms with Crippen LogP contribution in [-0.4, -0.2) is 15.3 Å². The van der Waals surface area contributed by atoms with Crippen LogP contribution in [0.5, 0.6) is 11.5 Å². The van der Waals surface area contributed by atoms with Gasteiger partial charge in [0.2, 0.25) is 0 Å². The van der Waals surface area contributed by atoms with E-state index in [2.05, 4.69) is 114 Å². The third-order valence-electron chi connectivity index (χ3n) is 11.3. The summed E-state index contributed by atoms with van der Waals surface area (Å²) in [6, 6.07) is 36.9. The van der Waals surface area contributed by atoms with E-state index in [9.17, 15) is 15.3 Å². The zero-order valence-electron chi connectivity index (χ0n) is 32.1. The molecule has 0 saturated carbocycles. The molecule has 5 aromatic rings. The van der Waals surface area contributed by atoms with Gasteiger partial charge in [-0.15, -0.1) is 0 Å². The van der Waals surface area contributed by atoms with Crippen molar-refractivity contribution in [1.29, 1.82) is 0 Å². The Morgan fingerprint density at radius 2 is 1.40 bits per heavy atom. The van der Waals surface area contributed by atoms with Crippen LogP contribution >= 0.6 is 0 Å². The average Bonchev–Trinajstić information content (AvgIpc) is 3.15. The fourth-order valence-electron chi connectivity index (χ4n) is 7.94. The fraction of sp³-hybridized carbons (Fsp3) is 0.240. The number of allylic oxidation sites excluding steroid dienone is 8. The number of rotatable bonds is 9. The number of hydrogen-bond acceptors (Lipinski definition) is 3. The number of aliphatic hydroxyl groups excluding tert-OH is 1. The van der Waals surface area contributed by atoms with Crippen LogP contribution in [0.25, 0.3) is 27.5 Å². The van der Waals surface area contributed by atoms with Crippen molar-refractivity contribution in [3.63, 3.8) is 0 Å². The Morgan fingerprint density at radius 3 is 2.09 bits per heavy atom. The van der Waals surface area contributed by atoms with E-state index in [1.165, 1.54) is 11.1 Å². The molecule has 3 heteroatoms. The summed E-state index contributed by atoms with van der Waals surface area (Å²) in [5.41, 5.74) is 8.01. The van der Waals surface area contributed by atoms with Crippen LogP contribution in [-0.2, 0) is 10.8 Å². The Bertz CT molecular complexity index is 2290. The minimum Gasteiger partial charge on any atom is -0.507 e. The summed E-state index contributed by atoms with van der Waals surface area (Å²) in [5.74, 6) is 0.563. The van der Waals surface area contributed by atoms with E-state index >= 15 is 0 Å². The lowest BCUT2D eigenvalue weighted by Crippen LogP contribution is -2.41. The average molecular weight is 701 g/mol. The molecule has 0 spiro atoms. The maximum atomic E-state index is 11.6. The van der Waals surface area contributed by atoms with E-state index in [0.29, 0.717) is 17.6 Å². The molecule has 3 nitrogen and oxygen atoms in total. The molecule has 0 radical (unpaired) electrons. The lowest BCUT2D eigenvalue weighted by molar-refractivity contribution is 0.200. The van der Waals surface area contributed by atoms with E-state index in [1.54, 1.807) is 12.1 Å². The van der Waals surface area contributed by atoms with E-state index < -0.39 is 5.41 Å². The van der Waals surface area contributed by atoms with Crippen molar-refractivity contribution >= 4 is 27.5 Å². The normalized spacial score (nSPS) is 17.7. The Hall–Kier alpha value is -5.54. The third-order valence-corrected chi connectivity index (χ3v) is 11.3. The van der Waals surface area contributed by atoms with Crippen LogP contribution in [0.4, 0.5) is 0 Å². The molecule has 1 aliphatic rings. The molecule has 6 rings (SSSR count). The number of fused-ring (bicyclic) bond motifs is 2. The minimum absolute atomic E-state index is 0.105. The Balaban J connectivity index is 1.54. The molecule has 0 bridgehead atoms. The first-order chi connectivity index (χ1) is 25.3. The predicted molar refractivity (Wildman–Crippen MR) is 224 cm³/mol. The molecular weight excluding hydrogens is 649 g/mol. The Kier molecular flexibility index (Phi) is 10.4. The number of para-hydroxylation sites is 1. The number of benzene rings is 5. The van der Waals surface area contributed by atoms with Crippen molar-refractivity contribution in [3.05, 3.63) is 185 Å². The van der Waals surface area contributed by atoms with Crippen LogP contribution in [0.1, 0.15) is 94.7 Å². The molecule has 1 unspecified atom stereocenters. The van der Waals surface area contributed by atoms with Gasteiger partial charge in [0, 0.05) is 21.9 Å². The first-order valence-corrected chi connectivity index (χ1v) is 18.7. The monoisotopic (exact) mass is 700 g/mol. The zero-order chi connectivity index (χ0) is 38.0. The second kappa shape index (κ2) is 14.8. The van der Waals surface area contributed by atoms with Gasteiger partial charge in [0.05, 0.1) is 0 Å². The number of phenolic OH excluding ortho intramolecular Hbond substituents is 2. The minimum atomic E-state index is -0.396. The van der Waals surface area contributed by atoms with Gasteiger partial charge in [-0.25, -0.2) is 0 Å². The van der Waals surface area contributed by atoms with E-state index in [4.69, 9.17) is 0 Å². The largest absolute Gasteiger partial charge is 0.507 e. The highest BCUT2D eigenvalue weighted by atomic mass is 16.3. The molecule has 0 aromatic heterocycles. The number of aromatic hydroxyl groups is 2. The SMILES string of the molecule is C\C=C/C(=C(O)\C=C/CC1(C(C)(C)CC)C=C/C(=C(/c2ccccc2)c2ccc(O)c3ccccc23)c2ccccc21)c1cccc(C(C)(C)C)c1O. The van der Waals surface area contributed by atoms with Crippen LogP contribution < -0.4 is 0 Å². The van der Waals surface area contributed by atoms with Crippen molar-refractivity contribution in [1.82, 2.24) is 0 Å². The molecule has 0 heterocycles. The van der Waals surface area contributed by atoms with Crippen molar-refractivity contribution in [2.24, 2.45) is 5.41 Å². The van der Waals surface area contributed by atoms with Crippen molar-refractivity contribution in [2.45, 2.75) is 72.1 Å². The van der Waals surface area contributed by atoms with Gasteiger partial charge in [0.15, 0.2) is 0 Å². The van der Waals surface area contributed by atoms with Crippen molar-refractivity contribution in [2.75, 3.05) is 0 Å². The van der Waals surface area contributed by atoms with Gasteiger partial charge in [-0.1, -0.05) is 175 Å². The predicted octanol–water partition coefficient (Wildman–Crippen LogP) is 13.2. The van der Waals surface area contributed by atoms with Gasteiger partial charge >= 0.3 is 0 Å². The first-order valence-electron chi connectivity index (χ1n) is 18.7. The van der Waals surface area contributed by atoms with E-state index in [-0.39, 0.29) is 28.1 Å². The summed E-state index contributed by atoms with van der Waals surface area (Å²) in [7, 11) is 0. The van der Waals surface area contributed by atoms with Crippen LogP contribution in [0.3, 0.4) is 0 Å². The van der Waals surface area contributed by atoms with Crippen LogP contribution in [0.2, 0.25) is 0 Å². The highest BCUT2D eigenvalue weighted by molar-refractivity contribution is 6.10. The van der Waals surface area contributed by atoms with E-state index in [0.717, 1.165) is 45.0 Å². The van der Waals surface area contributed by atoms with Gasteiger partial charge in [0.1, 0.15) is 17.3 Å². The first kappa shape index (κ1) is 37.2. The van der Waals surface area contributed by atoms with Gasteiger partial charge < -0.3 is 15.3 Å². The summed E-state index contributed by atoms with van der Waals surface area (Å²) < 4.78 is 0. The lowest BCUT2D eigenvalue weighted by Gasteiger charge is -2.48. The molecular formula is C50H52O3. The quantitative estimate of drug-likeness (QED) is 0.106. The topological polar surface area (TPSA) is 60.7 Å². The fourth-order valence-corrected chi connectivity index (χ4v) is 7.94. The summed E-state index contributed by atoms with van der Waals surface area (Å²) in [6.45, 7) is 15.1. The number of aliphatic hydroxyl groups is 1. The van der Waals surface area contributed by atoms with Gasteiger partial charge in [0.25, 0.3) is 0 Å². The zero-order valence-corrected chi connectivity index (χ0v) is 32.1. The molecule has 1 atom stereocenters. The highest BCUT2D eigenvalue weighted by Gasteiger charge is 2.45. The highest BCUT2D eigenvalue weighted by Crippen LogP contribution is 2.54. The maximum Gasteiger partial charge on any atom is 0.127 e. The molecule has 53 heavy (non-hydrogen) atoms. The second-order valence-corrected chi connectivity index (χ2v) is 15.8. The number of hydrogen-bond donors (Lipinski definition) is 3. The lowest BCUT2D eigenvalue weighted by atomic mass is 9.55. The van der Waals surface area contributed by atoms with Crippen molar-refractivity contribution in [3.8, 4) is 11.5 Å². The molecule has 5 aromatic carbocycles. The molecule has 0 amide bonds. The number of phenols is 2. The Morgan fingerprint density at radius 1 is 0.717 bits per heavy atom. The van der Waals surface area contributed by atoms with Gasteiger partial charge in [-0.3, -0.25) is 0 Å². The van der Waals surface area contributed by atoms with Crippen molar-refractivity contribution < 1.29 is 15.3 Å². The standard InChI is InChI=1S/C50H52O3/c1-8-19-37(41-25-17-27-43(47(41)53)48(3,4)5)44(51)28-18-32-50(49(6,7)9-2)33-31-40(36-23-15-16-26-42(36)50)46(34-20-11-10-12-21-34)39-29-30-45(52)38-24-14-13-22-35(38)39/h8,10-31,33,51-53H,9,32H2,1-7H3/b19-8-,28-18-,44-37-,46-40+. The molecule has 270 valence electrons. The molecule has 0 fully saturated rings. The summed E-state index contributed by atoms with van der Waals surface area (Å²) >= 11 is 0. The van der Waals surface area contributed by atoms with Crippen LogP contribution in [0, 0.1) is 5.41 Å². The summed E-state index contributed by atoms with van der Waals surface area (Å²) in [4.78, 5) is 0. The summed E-state index contributed by atoms with van der Waals surface area (Å²) in [6.07, 6.45) is 13.9. The van der Waals surface area contributed by atoms with E-state index in [1.807, 2.05) is 67.6 Å². The van der Waals surface area contributed by atoms with Gasteiger partial charge in [-0.2, -0.15) is 0 Å². The molecule has 0 aliphatic heterocycles. The third kappa shape index (κ3) is 6.89. The summed E-state index contributed by atoms with van der Waals surface area (Å²) in [5, 5.41) is 35.7. The molecule has 3 N–H and O–H groups in total. The molecule has 1 aliphatic carbocycles. The Labute approximate surface area is 315 Å².